The molecule has 0 aromatic heterocycles. The van der Waals surface area contributed by atoms with E-state index < -0.39 is 0 Å². The molecule has 0 aliphatic heterocycles. The van der Waals surface area contributed by atoms with Crippen molar-refractivity contribution in [3.05, 3.63) is 23.8 Å². The first-order chi connectivity index (χ1) is 6.83. The molecule has 0 spiro atoms. The maximum absolute atomic E-state index is 8.49. The fraction of sp³-hybridized carbons (Fsp3) is 0.300. The van der Waals surface area contributed by atoms with Crippen molar-refractivity contribution in [1.29, 1.82) is 5.26 Å². The number of rotatable bonds is 4. The minimum absolute atomic E-state index is 0.573. The Morgan fingerprint density at radius 1 is 1.29 bits per heavy atom. The molecular formula is C10H11NO2S. The quantitative estimate of drug-likeness (QED) is 0.714. The fourth-order valence-corrected chi connectivity index (χ4v) is 1.67. The molecule has 0 atom stereocenters. The van der Waals surface area contributed by atoms with Gasteiger partial charge in [-0.1, -0.05) is 6.07 Å². The van der Waals surface area contributed by atoms with Gasteiger partial charge in [0.15, 0.2) is 0 Å². The van der Waals surface area contributed by atoms with Crippen LogP contribution in [0.3, 0.4) is 0 Å². The van der Waals surface area contributed by atoms with E-state index in [1.807, 2.05) is 23.6 Å². The van der Waals surface area contributed by atoms with E-state index in [4.69, 9.17) is 14.7 Å². The van der Waals surface area contributed by atoms with Gasteiger partial charge in [0.1, 0.15) is 16.9 Å². The van der Waals surface area contributed by atoms with Crippen molar-refractivity contribution in [2.24, 2.45) is 0 Å². The van der Waals surface area contributed by atoms with Crippen molar-refractivity contribution >= 4 is 11.8 Å². The zero-order valence-electron chi connectivity index (χ0n) is 8.11. The number of thiocyanates is 1. The van der Waals surface area contributed by atoms with Crippen LogP contribution in [-0.4, -0.2) is 14.2 Å². The molecule has 0 saturated carbocycles. The molecule has 0 amide bonds. The molecule has 0 N–H and O–H groups in total. The lowest BCUT2D eigenvalue weighted by Gasteiger charge is -2.10. The average molecular weight is 209 g/mol. The molecule has 14 heavy (non-hydrogen) atoms. The van der Waals surface area contributed by atoms with Gasteiger partial charge in [-0.25, -0.2) is 0 Å². The Kier molecular flexibility index (Phi) is 4.14. The smallest absolute Gasteiger partial charge is 0.133 e. The van der Waals surface area contributed by atoms with Crippen LogP contribution in [-0.2, 0) is 5.75 Å². The maximum Gasteiger partial charge on any atom is 0.133 e. The highest BCUT2D eigenvalue weighted by Gasteiger charge is 2.08. The van der Waals surface area contributed by atoms with Gasteiger partial charge in [-0.3, -0.25) is 0 Å². The van der Waals surface area contributed by atoms with Crippen molar-refractivity contribution in [2.75, 3.05) is 14.2 Å². The van der Waals surface area contributed by atoms with Crippen LogP contribution in [0.1, 0.15) is 5.56 Å². The number of hydrogen-bond acceptors (Lipinski definition) is 4. The van der Waals surface area contributed by atoms with Crippen LogP contribution in [0, 0.1) is 10.7 Å². The normalized spacial score (nSPS) is 9.21. The number of hydrogen-bond donors (Lipinski definition) is 0. The lowest BCUT2D eigenvalue weighted by molar-refractivity contribution is 0.388. The van der Waals surface area contributed by atoms with Crippen molar-refractivity contribution in [2.45, 2.75) is 5.75 Å². The fourth-order valence-electron chi connectivity index (χ4n) is 1.17. The van der Waals surface area contributed by atoms with Crippen LogP contribution in [0.25, 0.3) is 0 Å². The van der Waals surface area contributed by atoms with Gasteiger partial charge < -0.3 is 9.47 Å². The van der Waals surface area contributed by atoms with E-state index in [0.29, 0.717) is 5.75 Å². The van der Waals surface area contributed by atoms with E-state index in [9.17, 15) is 0 Å². The monoisotopic (exact) mass is 209 g/mol. The first-order valence-corrected chi connectivity index (χ1v) is 5.02. The molecule has 0 bridgehead atoms. The van der Waals surface area contributed by atoms with E-state index in [2.05, 4.69) is 0 Å². The van der Waals surface area contributed by atoms with E-state index in [0.717, 1.165) is 17.1 Å². The van der Waals surface area contributed by atoms with Crippen LogP contribution in [0.5, 0.6) is 11.5 Å². The molecule has 0 radical (unpaired) electrons. The Bertz CT molecular complexity index is 324. The molecule has 0 heterocycles. The predicted octanol–water partition coefficient (Wildman–Crippen LogP) is 2.42. The number of nitriles is 1. The molecule has 0 aliphatic rings. The molecule has 0 saturated heterocycles. The third-order valence-electron chi connectivity index (χ3n) is 1.81. The molecule has 0 unspecified atom stereocenters. The van der Waals surface area contributed by atoms with Gasteiger partial charge in [0.05, 0.1) is 14.2 Å². The summed E-state index contributed by atoms with van der Waals surface area (Å²) < 4.78 is 10.4. The van der Waals surface area contributed by atoms with Gasteiger partial charge in [-0.15, -0.1) is 0 Å². The van der Waals surface area contributed by atoms with Gasteiger partial charge in [0.2, 0.25) is 0 Å². The highest BCUT2D eigenvalue weighted by atomic mass is 32.2. The van der Waals surface area contributed by atoms with Gasteiger partial charge in [0.25, 0.3) is 0 Å². The number of benzene rings is 1. The summed E-state index contributed by atoms with van der Waals surface area (Å²) in [5.41, 5.74) is 0.920. The molecular weight excluding hydrogens is 198 g/mol. The maximum atomic E-state index is 8.49. The number of thioether (sulfide) groups is 1. The summed E-state index contributed by atoms with van der Waals surface area (Å²) in [6, 6.07) is 5.57. The molecule has 1 rings (SSSR count). The van der Waals surface area contributed by atoms with Gasteiger partial charge in [0, 0.05) is 11.3 Å². The second-order valence-electron chi connectivity index (χ2n) is 2.52. The summed E-state index contributed by atoms with van der Waals surface area (Å²) in [4.78, 5) is 0. The lowest BCUT2D eigenvalue weighted by atomic mass is 10.2. The molecule has 4 heteroatoms. The Labute approximate surface area is 87.6 Å². The highest BCUT2D eigenvalue weighted by Crippen LogP contribution is 2.31. The summed E-state index contributed by atoms with van der Waals surface area (Å²) in [5.74, 6) is 2.09. The molecule has 1 aromatic rings. The third-order valence-corrected chi connectivity index (χ3v) is 2.37. The minimum Gasteiger partial charge on any atom is -0.496 e. The summed E-state index contributed by atoms with van der Waals surface area (Å²) in [6.45, 7) is 0. The van der Waals surface area contributed by atoms with Gasteiger partial charge in [-0.2, -0.15) is 5.26 Å². The van der Waals surface area contributed by atoms with Crippen LogP contribution in [0.2, 0.25) is 0 Å². The van der Waals surface area contributed by atoms with Crippen LogP contribution >= 0.6 is 11.8 Å². The van der Waals surface area contributed by atoms with E-state index in [1.54, 1.807) is 14.2 Å². The predicted molar refractivity (Wildman–Crippen MR) is 56.5 cm³/mol. The van der Waals surface area contributed by atoms with Crippen molar-refractivity contribution < 1.29 is 9.47 Å². The first kappa shape index (κ1) is 10.7. The number of methoxy groups -OCH3 is 2. The Morgan fingerprint density at radius 3 is 2.29 bits per heavy atom. The van der Waals surface area contributed by atoms with Crippen LogP contribution in [0.15, 0.2) is 18.2 Å². The minimum atomic E-state index is 0.573. The number of ether oxygens (including phenoxy) is 2. The summed E-state index contributed by atoms with van der Waals surface area (Å²) >= 11 is 1.17. The zero-order valence-corrected chi connectivity index (χ0v) is 8.93. The average Bonchev–Trinajstić information content (AvgIpc) is 2.25. The summed E-state index contributed by atoms with van der Waals surface area (Å²) in [6.07, 6.45) is 0. The number of nitrogens with zero attached hydrogens (tertiary/aromatic N) is 1. The van der Waals surface area contributed by atoms with E-state index in [-0.39, 0.29) is 0 Å². The van der Waals surface area contributed by atoms with Crippen LogP contribution < -0.4 is 9.47 Å². The van der Waals surface area contributed by atoms with Crippen molar-refractivity contribution in [1.82, 2.24) is 0 Å². The van der Waals surface area contributed by atoms with E-state index >= 15 is 0 Å². The topological polar surface area (TPSA) is 42.2 Å². The molecule has 1 aromatic carbocycles. The molecule has 0 aliphatic carbocycles. The second kappa shape index (κ2) is 5.40. The molecule has 74 valence electrons. The molecule has 0 fully saturated rings. The van der Waals surface area contributed by atoms with E-state index in [1.165, 1.54) is 11.8 Å². The zero-order chi connectivity index (χ0) is 10.4. The lowest BCUT2D eigenvalue weighted by Crippen LogP contribution is -1.94. The first-order valence-electron chi connectivity index (χ1n) is 4.04. The standard InChI is InChI=1S/C10H11NO2S/c1-12-9-4-3-5-10(13-2)8(9)6-14-7-11/h3-5H,6H2,1-2H3. The van der Waals surface area contributed by atoms with Crippen molar-refractivity contribution in [3.63, 3.8) is 0 Å². The summed E-state index contributed by atoms with van der Waals surface area (Å²) in [5, 5.41) is 10.5. The van der Waals surface area contributed by atoms with Gasteiger partial charge >= 0.3 is 0 Å². The largest absolute Gasteiger partial charge is 0.496 e. The second-order valence-corrected chi connectivity index (χ2v) is 3.28. The third kappa shape index (κ3) is 2.33. The SMILES string of the molecule is COc1cccc(OC)c1CSC#N. The Hall–Kier alpha value is -1.34. The molecule has 3 nitrogen and oxygen atoms in total. The van der Waals surface area contributed by atoms with Crippen LogP contribution in [0.4, 0.5) is 0 Å². The van der Waals surface area contributed by atoms with Crippen molar-refractivity contribution in [3.8, 4) is 16.9 Å². The highest BCUT2D eigenvalue weighted by molar-refractivity contribution is 8.02. The van der Waals surface area contributed by atoms with Gasteiger partial charge in [-0.05, 0) is 23.9 Å². The summed E-state index contributed by atoms with van der Waals surface area (Å²) in [7, 11) is 3.21. The Balaban J connectivity index is 3.00. The Morgan fingerprint density at radius 2 is 1.86 bits per heavy atom.